The fourth-order valence-corrected chi connectivity index (χ4v) is 4.35. The monoisotopic (exact) mass is 329 g/mol. The molecule has 0 radical (unpaired) electrons. The number of nitrogens with two attached hydrogens (primary N) is 1. The molecule has 1 aromatic heterocycles. The molecule has 21 heavy (non-hydrogen) atoms. The highest BCUT2D eigenvalue weighted by atomic mass is 32.2. The molecule has 0 bridgehead atoms. The second-order valence-electron chi connectivity index (χ2n) is 5.02. The maximum atomic E-state index is 12.7. The van der Waals surface area contributed by atoms with E-state index in [4.69, 9.17) is 23.1 Å². The van der Waals surface area contributed by atoms with Crippen molar-refractivity contribution < 1.29 is 13.5 Å². The van der Waals surface area contributed by atoms with Crippen LogP contribution >= 0.6 is 12.2 Å². The molecule has 6 nitrogen and oxygen atoms in total. The van der Waals surface area contributed by atoms with Crippen molar-refractivity contribution in [3.8, 4) is 0 Å². The van der Waals surface area contributed by atoms with Gasteiger partial charge in [0.05, 0.1) is 12.3 Å². The van der Waals surface area contributed by atoms with Crippen LogP contribution < -0.4 is 5.73 Å². The molecule has 1 aliphatic carbocycles. The first-order valence-corrected chi connectivity index (χ1v) is 8.70. The molecule has 0 aliphatic heterocycles. The van der Waals surface area contributed by atoms with Gasteiger partial charge in [0.25, 0.3) is 0 Å². The number of sulfonamides is 1. The molecular weight excluding hydrogens is 310 g/mol. The van der Waals surface area contributed by atoms with Gasteiger partial charge in [-0.25, -0.2) is 8.42 Å². The van der Waals surface area contributed by atoms with Crippen LogP contribution in [0.2, 0.25) is 0 Å². The number of aliphatic hydroxyl groups excluding tert-OH is 1. The van der Waals surface area contributed by atoms with Gasteiger partial charge in [0.15, 0.2) is 0 Å². The Labute approximate surface area is 130 Å². The Morgan fingerprint density at radius 1 is 1.43 bits per heavy atom. The Kier molecular flexibility index (Phi) is 5.26. The first-order chi connectivity index (χ1) is 9.96. The summed E-state index contributed by atoms with van der Waals surface area (Å²) in [4.78, 5) is 4.21. The fraction of sp³-hybridized carbons (Fsp3) is 0.538. The summed E-state index contributed by atoms with van der Waals surface area (Å²) in [5, 5.41) is 9.17. The fourth-order valence-electron chi connectivity index (χ4n) is 2.60. The van der Waals surface area contributed by atoms with E-state index in [1.165, 1.54) is 22.6 Å². The van der Waals surface area contributed by atoms with E-state index in [-0.39, 0.29) is 29.1 Å². The summed E-state index contributed by atoms with van der Waals surface area (Å²) >= 11 is 4.80. The summed E-state index contributed by atoms with van der Waals surface area (Å²) < 4.78 is 26.8. The largest absolute Gasteiger partial charge is 0.395 e. The van der Waals surface area contributed by atoms with Gasteiger partial charge in [0, 0.05) is 18.8 Å². The van der Waals surface area contributed by atoms with Crippen molar-refractivity contribution in [2.45, 2.75) is 36.6 Å². The molecule has 0 saturated heterocycles. The summed E-state index contributed by atoms with van der Waals surface area (Å²) in [6.45, 7) is -0.0990. The lowest BCUT2D eigenvalue weighted by molar-refractivity contribution is 0.226. The number of hydrogen-bond donors (Lipinski definition) is 2. The first kappa shape index (κ1) is 16.3. The molecule has 116 valence electrons. The van der Waals surface area contributed by atoms with Gasteiger partial charge in [0.1, 0.15) is 9.88 Å². The molecule has 0 atom stereocenters. The minimum Gasteiger partial charge on any atom is -0.395 e. The van der Waals surface area contributed by atoms with Crippen molar-refractivity contribution in [2.75, 3.05) is 13.2 Å². The normalized spacial score (nSPS) is 16.5. The van der Waals surface area contributed by atoms with E-state index < -0.39 is 10.0 Å². The van der Waals surface area contributed by atoms with Gasteiger partial charge in [0.2, 0.25) is 10.0 Å². The molecule has 1 fully saturated rings. The highest BCUT2D eigenvalue weighted by Crippen LogP contribution is 2.28. The summed E-state index contributed by atoms with van der Waals surface area (Å²) in [6.07, 6.45) is 4.96. The van der Waals surface area contributed by atoms with E-state index in [0.29, 0.717) is 5.69 Å². The number of thiocarbonyl (C=S) groups is 1. The zero-order chi connectivity index (χ0) is 15.5. The minimum absolute atomic E-state index is 0.0441. The topological polar surface area (TPSA) is 96.5 Å². The number of aliphatic hydroxyl groups is 1. The van der Waals surface area contributed by atoms with Gasteiger partial charge in [-0.05, 0) is 25.0 Å². The zero-order valence-corrected chi connectivity index (χ0v) is 13.2. The van der Waals surface area contributed by atoms with Crippen LogP contribution in [0.3, 0.4) is 0 Å². The van der Waals surface area contributed by atoms with Gasteiger partial charge < -0.3 is 10.8 Å². The van der Waals surface area contributed by atoms with Gasteiger partial charge in [-0.3, -0.25) is 4.98 Å². The first-order valence-electron chi connectivity index (χ1n) is 6.85. The van der Waals surface area contributed by atoms with Crippen LogP contribution in [-0.4, -0.2) is 47.0 Å². The maximum Gasteiger partial charge on any atom is 0.244 e. The molecule has 1 aromatic rings. The SMILES string of the molecule is NC(=S)c1ccc(S(=O)(=O)N(CCO)C2CCCC2)cn1. The van der Waals surface area contributed by atoms with E-state index in [9.17, 15) is 8.42 Å². The van der Waals surface area contributed by atoms with E-state index in [1.807, 2.05) is 0 Å². The highest BCUT2D eigenvalue weighted by molar-refractivity contribution is 7.89. The van der Waals surface area contributed by atoms with Gasteiger partial charge in [-0.2, -0.15) is 4.31 Å². The Morgan fingerprint density at radius 3 is 2.57 bits per heavy atom. The number of nitrogens with zero attached hydrogens (tertiary/aromatic N) is 2. The quantitative estimate of drug-likeness (QED) is 0.744. The number of hydrogen-bond acceptors (Lipinski definition) is 5. The van der Waals surface area contributed by atoms with Gasteiger partial charge in [-0.1, -0.05) is 25.1 Å². The van der Waals surface area contributed by atoms with Crippen LogP contribution in [0.4, 0.5) is 0 Å². The maximum absolute atomic E-state index is 12.7. The number of pyridine rings is 1. The van der Waals surface area contributed by atoms with Crippen LogP contribution in [0.15, 0.2) is 23.2 Å². The van der Waals surface area contributed by atoms with Crippen LogP contribution in [0, 0.1) is 0 Å². The lowest BCUT2D eigenvalue weighted by Crippen LogP contribution is -2.40. The standard InChI is InChI=1S/C13H19N3O3S2/c14-13(20)12-6-5-11(9-15-12)21(18,19)16(7-8-17)10-3-1-2-4-10/h5-6,9-10,17H,1-4,7-8H2,(H2,14,20). The molecule has 1 aliphatic rings. The van der Waals surface area contributed by atoms with E-state index >= 15 is 0 Å². The number of rotatable bonds is 6. The third-order valence-electron chi connectivity index (χ3n) is 3.65. The highest BCUT2D eigenvalue weighted by Gasteiger charge is 2.33. The number of aromatic nitrogens is 1. The lowest BCUT2D eigenvalue weighted by Gasteiger charge is -2.27. The van der Waals surface area contributed by atoms with Gasteiger partial charge in [-0.15, -0.1) is 0 Å². The lowest BCUT2D eigenvalue weighted by atomic mass is 10.2. The molecule has 3 N–H and O–H groups in total. The Bertz CT molecular complexity index is 596. The zero-order valence-electron chi connectivity index (χ0n) is 11.6. The molecule has 0 unspecified atom stereocenters. The predicted molar refractivity (Wildman–Crippen MR) is 83.4 cm³/mol. The second kappa shape index (κ2) is 6.78. The van der Waals surface area contributed by atoms with E-state index in [2.05, 4.69) is 4.98 Å². The average molecular weight is 329 g/mol. The van der Waals surface area contributed by atoms with E-state index in [0.717, 1.165) is 25.7 Å². The van der Waals surface area contributed by atoms with Crippen molar-refractivity contribution in [3.05, 3.63) is 24.0 Å². The summed E-state index contributed by atoms with van der Waals surface area (Å²) in [6, 6.07) is 2.91. The third kappa shape index (κ3) is 3.57. The van der Waals surface area contributed by atoms with Crippen molar-refractivity contribution in [1.82, 2.24) is 9.29 Å². The van der Waals surface area contributed by atoms with Crippen molar-refractivity contribution in [2.24, 2.45) is 5.73 Å². The van der Waals surface area contributed by atoms with E-state index in [1.54, 1.807) is 0 Å². The van der Waals surface area contributed by atoms with Crippen LogP contribution in [0.5, 0.6) is 0 Å². The Hall–Kier alpha value is -1.09. The van der Waals surface area contributed by atoms with Gasteiger partial charge >= 0.3 is 0 Å². The minimum atomic E-state index is -3.66. The molecular formula is C13H19N3O3S2. The summed E-state index contributed by atoms with van der Waals surface area (Å²) in [5.41, 5.74) is 5.84. The molecule has 1 saturated carbocycles. The summed E-state index contributed by atoms with van der Waals surface area (Å²) in [5.74, 6) is 0. The van der Waals surface area contributed by atoms with Crippen LogP contribution in [0.25, 0.3) is 0 Å². The molecule has 0 spiro atoms. The van der Waals surface area contributed by atoms with Crippen LogP contribution in [0.1, 0.15) is 31.4 Å². The smallest absolute Gasteiger partial charge is 0.244 e. The van der Waals surface area contributed by atoms with Crippen molar-refractivity contribution in [1.29, 1.82) is 0 Å². The summed E-state index contributed by atoms with van der Waals surface area (Å²) in [7, 11) is -3.66. The second-order valence-corrected chi connectivity index (χ2v) is 7.35. The average Bonchev–Trinajstić information content (AvgIpc) is 2.98. The third-order valence-corrected chi connectivity index (χ3v) is 5.79. The van der Waals surface area contributed by atoms with Crippen molar-refractivity contribution in [3.63, 3.8) is 0 Å². The van der Waals surface area contributed by atoms with Crippen LogP contribution in [-0.2, 0) is 10.0 Å². The molecule has 8 heteroatoms. The Balaban J connectivity index is 2.30. The molecule has 0 aromatic carbocycles. The Morgan fingerprint density at radius 2 is 2.10 bits per heavy atom. The molecule has 1 heterocycles. The molecule has 2 rings (SSSR count). The molecule has 0 amide bonds. The predicted octanol–water partition coefficient (Wildman–Crippen LogP) is 0.641. The van der Waals surface area contributed by atoms with Crippen molar-refractivity contribution >= 4 is 27.2 Å².